The highest BCUT2D eigenvalue weighted by molar-refractivity contribution is 5.96. The van der Waals surface area contributed by atoms with E-state index in [0.29, 0.717) is 24.5 Å². The van der Waals surface area contributed by atoms with Crippen molar-refractivity contribution in [3.05, 3.63) is 46.1 Å². The van der Waals surface area contributed by atoms with Crippen molar-refractivity contribution in [2.24, 2.45) is 5.92 Å². The molecule has 0 aliphatic heterocycles. The van der Waals surface area contributed by atoms with Crippen molar-refractivity contribution in [1.29, 1.82) is 0 Å². The van der Waals surface area contributed by atoms with Crippen LogP contribution in [0.15, 0.2) is 33.5 Å². The lowest BCUT2D eigenvalue weighted by atomic mass is 10.1. The zero-order valence-electron chi connectivity index (χ0n) is 13.4. The van der Waals surface area contributed by atoms with Crippen molar-refractivity contribution in [3.63, 3.8) is 0 Å². The third kappa shape index (κ3) is 4.63. The van der Waals surface area contributed by atoms with Crippen molar-refractivity contribution in [3.8, 4) is 0 Å². The fourth-order valence-corrected chi connectivity index (χ4v) is 2.08. The average Bonchev–Trinajstić information content (AvgIpc) is 2.46. The summed E-state index contributed by atoms with van der Waals surface area (Å²) in [5, 5.41) is 3.03. The lowest BCUT2D eigenvalue weighted by Gasteiger charge is -2.15. The molecule has 2 rings (SSSR count). The van der Waals surface area contributed by atoms with Gasteiger partial charge in [-0.3, -0.25) is 4.79 Å². The summed E-state index contributed by atoms with van der Waals surface area (Å²) < 4.78 is 23.7. The molecule has 1 atom stereocenters. The quantitative estimate of drug-likeness (QED) is 0.831. The number of fused-ring (bicyclic) bond motifs is 1. The van der Waals surface area contributed by atoms with E-state index in [1.165, 1.54) is 24.3 Å². The van der Waals surface area contributed by atoms with Gasteiger partial charge in [0.1, 0.15) is 17.0 Å². The maximum atomic E-state index is 13.2. The number of hydrogen-bond donors (Lipinski definition) is 1. The van der Waals surface area contributed by atoms with Gasteiger partial charge >= 0.3 is 5.63 Å². The van der Waals surface area contributed by atoms with Gasteiger partial charge in [0.05, 0.1) is 6.61 Å². The Bertz CT molecular complexity index is 754. The lowest BCUT2D eigenvalue weighted by molar-refractivity contribution is 0.0789. The van der Waals surface area contributed by atoms with Crippen LogP contribution in [0.5, 0.6) is 0 Å². The van der Waals surface area contributed by atoms with Crippen LogP contribution in [0.4, 0.5) is 4.39 Å². The number of carbonyl (C=O) groups excluding carboxylic acids is 1. The first-order valence-electron chi connectivity index (χ1n) is 7.49. The van der Waals surface area contributed by atoms with Gasteiger partial charge in [0.2, 0.25) is 0 Å². The van der Waals surface area contributed by atoms with Crippen LogP contribution >= 0.6 is 0 Å². The SMILES string of the molecule is CC(C)COC[C@H](C)NC(=O)c1cc2cc(F)ccc2oc1=O. The standard InChI is InChI=1S/C17H20FNO4/c1-10(2)8-22-9-11(3)19-16(20)14-7-12-6-13(18)4-5-15(12)23-17(14)21/h4-7,10-11H,8-9H2,1-3H3,(H,19,20)/t11-/m0/s1. The molecule has 0 radical (unpaired) electrons. The summed E-state index contributed by atoms with van der Waals surface area (Å²) in [5.74, 6) is -0.626. The smallest absolute Gasteiger partial charge is 0.349 e. The zero-order chi connectivity index (χ0) is 17.0. The number of hydrogen-bond acceptors (Lipinski definition) is 4. The molecule has 0 aliphatic rings. The number of halogens is 1. The second kappa shape index (κ2) is 7.37. The molecule has 1 aromatic heterocycles. The normalized spacial score (nSPS) is 12.6. The van der Waals surface area contributed by atoms with Crippen LogP contribution in [0.1, 0.15) is 31.1 Å². The molecule has 0 saturated carbocycles. The van der Waals surface area contributed by atoms with Gasteiger partial charge in [-0.15, -0.1) is 0 Å². The Hall–Kier alpha value is -2.21. The van der Waals surface area contributed by atoms with Crippen molar-refractivity contribution < 1.29 is 18.3 Å². The van der Waals surface area contributed by atoms with Crippen LogP contribution in [-0.4, -0.2) is 25.2 Å². The summed E-state index contributed by atoms with van der Waals surface area (Å²) in [6, 6.07) is 4.84. The minimum atomic E-state index is -0.753. The Labute approximate surface area is 133 Å². The molecule has 5 nitrogen and oxygen atoms in total. The van der Waals surface area contributed by atoms with Gasteiger partial charge in [0.25, 0.3) is 5.91 Å². The van der Waals surface area contributed by atoms with Gasteiger partial charge in [-0.2, -0.15) is 0 Å². The summed E-state index contributed by atoms with van der Waals surface area (Å²) in [7, 11) is 0. The summed E-state index contributed by atoms with van der Waals surface area (Å²) >= 11 is 0. The highest BCUT2D eigenvalue weighted by atomic mass is 19.1. The minimum Gasteiger partial charge on any atom is -0.422 e. The van der Waals surface area contributed by atoms with Crippen molar-refractivity contribution >= 4 is 16.9 Å². The van der Waals surface area contributed by atoms with Crippen LogP contribution < -0.4 is 10.9 Å². The van der Waals surface area contributed by atoms with E-state index in [-0.39, 0.29) is 17.2 Å². The first-order valence-corrected chi connectivity index (χ1v) is 7.49. The van der Waals surface area contributed by atoms with E-state index >= 15 is 0 Å². The number of rotatable bonds is 6. The third-order valence-electron chi connectivity index (χ3n) is 3.14. The van der Waals surface area contributed by atoms with Crippen LogP contribution in [0.2, 0.25) is 0 Å². The van der Waals surface area contributed by atoms with Crippen LogP contribution in [-0.2, 0) is 4.74 Å². The molecule has 6 heteroatoms. The van der Waals surface area contributed by atoms with E-state index in [1.54, 1.807) is 6.92 Å². The number of benzene rings is 1. The van der Waals surface area contributed by atoms with Crippen molar-refractivity contribution in [2.75, 3.05) is 13.2 Å². The third-order valence-corrected chi connectivity index (χ3v) is 3.14. The molecule has 1 aromatic carbocycles. The largest absolute Gasteiger partial charge is 0.422 e. The Morgan fingerprint density at radius 3 is 2.70 bits per heavy atom. The predicted octanol–water partition coefficient (Wildman–Crippen LogP) is 2.72. The highest BCUT2D eigenvalue weighted by Gasteiger charge is 2.16. The highest BCUT2D eigenvalue weighted by Crippen LogP contribution is 2.15. The average molecular weight is 321 g/mol. The maximum Gasteiger partial charge on any atom is 0.349 e. The Morgan fingerprint density at radius 2 is 2.00 bits per heavy atom. The fourth-order valence-electron chi connectivity index (χ4n) is 2.08. The predicted molar refractivity (Wildman–Crippen MR) is 85.0 cm³/mol. The number of nitrogens with one attached hydrogen (secondary N) is 1. The molecule has 0 saturated heterocycles. The zero-order valence-corrected chi connectivity index (χ0v) is 13.4. The van der Waals surface area contributed by atoms with Gasteiger partial charge in [-0.25, -0.2) is 9.18 Å². The van der Waals surface area contributed by atoms with Gasteiger partial charge in [0, 0.05) is 18.0 Å². The van der Waals surface area contributed by atoms with Crippen LogP contribution in [0, 0.1) is 11.7 Å². The molecule has 0 spiro atoms. The van der Waals surface area contributed by atoms with Crippen molar-refractivity contribution in [2.45, 2.75) is 26.8 Å². The molecule has 1 N–H and O–H groups in total. The molecule has 1 heterocycles. The summed E-state index contributed by atoms with van der Waals surface area (Å²) in [4.78, 5) is 24.1. The summed E-state index contributed by atoms with van der Waals surface area (Å²) in [6.45, 7) is 6.78. The van der Waals surface area contributed by atoms with E-state index in [0.717, 1.165) is 0 Å². The fraction of sp³-hybridized carbons (Fsp3) is 0.412. The minimum absolute atomic E-state index is 0.154. The first-order chi connectivity index (χ1) is 10.9. The topological polar surface area (TPSA) is 68.5 Å². The molecule has 0 fully saturated rings. The molecule has 2 aromatic rings. The van der Waals surface area contributed by atoms with Gasteiger partial charge in [-0.1, -0.05) is 13.8 Å². The molecular weight excluding hydrogens is 301 g/mol. The molecule has 0 unspecified atom stereocenters. The van der Waals surface area contributed by atoms with E-state index in [9.17, 15) is 14.0 Å². The Kier molecular flexibility index (Phi) is 5.50. The molecule has 124 valence electrons. The lowest BCUT2D eigenvalue weighted by Crippen LogP contribution is -2.38. The monoisotopic (exact) mass is 321 g/mol. The van der Waals surface area contributed by atoms with Gasteiger partial charge < -0.3 is 14.5 Å². The van der Waals surface area contributed by atoms with Crippen LogP contribution in [0.25, 0.3) is 11.0 Å². The number of ether oxygens (including phenoxy) is 1. The van der Waals surface area contributed by atoms with Gasteiger partial charge in [0.15, 0.2) is 0 Å². The first kappa shape index (κ1) is 17.1. The summed E-state index contributed by atoms with van der Waals surface area (Å²) in [6.07, 6.45) is 0. The molecule has 23 heavy (non-hydrogen) atoms. The molecule has 0 bridgehead atoms. The number of carbonyl (C=O) groups is 1. The van der Waals surface area contributed by atoms with E-state index in [1.807, 2.05) is 13.8 Å². The Balaban J connectivity index is 2.11. The van der Waals surface area contributed by atoms with Crippen molar-refractivity contribution in [1.82, 2.24) is 5.32 Å². The second-order valence-corrected chi connectivity index (χ2v) is 5.94. The van der Waals surface area contributed by atoms with E-state index in [2.05, 4.69) is 5.32 Å². The molecule has 1 amide bonds. The Morgan fingerprint density at radius 1 is 1.26 bits per heavy atom. The maximum absolute atomic E-state index is 13.2. The van der Waals surface area contributed by atoms with Gasteiger partial charge in [-0.05, 0) is 37.1 Å². The molecular formula is C17H20FNO4. The van der Waals surface area contributed by atoms with E-state index < -0.39 is 17.3 Å². The van der Waals surface area contributed by atoms with E-state index in [4.69, 9.17) is 9.15 Å². The molecule has 0 aliphatic carbocycles. The number of amides is 1. The van der Waals surface area contributed by atoms with Crippen LogP contribution in [0.3, 0.4) is 0 Å². The summed E-state index contributed by atoms with van der Waals surface area (Å²) in [5.41, 5.74) is -0.669. The second-order valence-electron chi connectivity index (χ2n) is 5.94.